The summed E-state index contributed by atoms with van der Waals surface area (Å²) in [7, 11) is -2.51. The van der Waals surface area contributed by atoms with Crippen LogP contribution in [0, 0.1) is 0 Å². The molecule has 0 saturated heterocycles. The Labute approximate surface area is 175 Å². The highest BCUT2D eigenvalue weighted by Crippen LogP contribution is 2.25. The fourth-order valence-corrected chi connectivity index (χ4v) is 5.27. The smallest absolute Gasteiger partial charge is 0.328 e. The van der Waals surface area contributed by atoms with E-state index in [1.165, 1.54) is 0 Å². The van der Waals surface area contributed by atoms with Gasteiger partial charge in [-0.15, -0.1) is 0 Å². The average molecular weight is 439 g/mol. The highest BCUT2D eigenvalue weighted by molar-refractivity contribution is 7.93. The molecule has 0 amide bonds. The van der Waals surface area contributed by atoms with Crippen molar-refractivity contribution >= 4 is 33.0 Å². The van der Waals surface area contributed by atoms with E-state index in [1.807, 2.05) is 47.2 Å². The zero-order valence-electron chi connectivity index (χ0n) is 16.4. The van der Waals surface area contributed by atoms with Crippen LogP contribution in [0.3, 0.4) is 0 Å². The third-order valence-corrected chi connectivity index (χ3v) is 7.01. The van der Waals surface area contributed by atoms with Gasteiger partial charge in [-0.2, -0.15) is 11.3 Å². The first-order chi connectivity index (χ1) is 13.8. The van der Waals surface area contributed by atoms with Crippen LogP contribution in [0.25, 0.3) is 0 Å². The fraction of sp³-hybridized carbons (Fsp3) is 0.300. The third kappa shape index (κ3) is 8.59. The molecule has 0 aliphatic rings. The quantitative estimate of drug-likeness (QED) is 0.578. The zero-order valence-corrected chi connectivity index (χ0v) is 18.1. The summed E-state index contributed by atoms with van der Waals surface area (Å²) in [4.78, 5) is 23.0. The molecule has 1 heterocycles. The number of likely N-dealkylation sites (N-methyl/N-ethyl adjacent to an activating group) is 1. The van der Waals surface area contributed by atoms with Gasteiger partial charge < -0.3 is 15.1 Å². The molecule has 7 nitrogen and oxygen atoms in total. The number of thiophene rings is 1. The molecule has 2 rings (SSSR count). The summed E-state index contributed by atoms with van der Waals surface area (Å²) >= 11 is 1.56. The van der Waals surface area contributed by atoms with Crippen molar-refractivity contribution in [1.82, 2.24) is 4.90 Å². The fourth-order valence-electron chi connectivity index (χ4n) is 2.29. The van der Waals surface area contributed by atoms with Gasteiger partial charge in [0, 0.05) is 24.1 Å². The van der Waals surface area contributed by atoms with E-state index < -0.39 is 21.7 Å². The van der Waals surface area contributed by atoms with Gasteiger partial charge in [0.2, 0.25) is 0 Å². The molecule has 0 spiro atoms. The van der Waals surface area contributed by atoms with Gasteiger partial charge in [0.05, 0.1) is 16.3 Å². The number of hydrogen-bond donors (Lipinski definition) is 2. The topological polar surface area (TPSA) is 107 Å². The van der Waals surface area contributed by atoms with Crippen LogP contribution in [-0.2, 0) is 19.3 Å². The first-order valence-electron chi connectivity index (χ1n) is 9.00. The lowest BCUT2D eigenvalue weighted by atomic mass is 10.4. The predicted molar refractivity (Wildman–Crippen MR) is 115 cm³/mol. The first-order valence-corrected chi connectivity index (χ1v) is 11.5. The van der Waals surface area contributed by atoms with Crippen molar-refractivity contribution in [3.8, 4) is 0 Å². The minimum atomic E-state index is -2.51. The standard InChI is InChI=1S/C16H22N2OS2.C4H4O4/c1-3-18(4-2)12-11-17-21(19,16-10-13-20-14-16)15-8-6-5-7-9-15;5-3(6)1-2-4(7)8/h5-10,13-14H,3-4,11-12H2,1-2H3;1-2H,(H,5,6)(H,7,8)/b;2-1+. The first kappa shape index (κ1) is 24.5. The Kier molecular flexibility index (Phi) is 10.9. The van der Waals surface area contributed by atoms with Gasteiger partial charge >= 0.3 is 11.9 Å². The van der Waals surface area contributed by atoms with Gasteiger partial charge in [0.1, 0.15) is 9.73 Å². The van der Waals surface area contributed by atoms with Crippen LogP contribution in [0.1, 0.15) is 13.8 Å². The van der Waals surface area contributed by atoms with E-state index in [1.54, 1.807) is 11.3 Å². The minimum Gasteiger partial charge on any atom is -0.478 e. The molecule has 1 aromatic carbocycles. The Morgan fingerprint density at radius 2 is 1.62 bits per heavy atom. The molecule has 1 atom stereocenters. The van der Waals surface area contributed by atoms with Crippen molar-refractivity contribution in [2.24, 2.45) is 4.36 Å². The van der Waals surface area contributed by atoms with E-state index in [0.717, 1.165) is 29.4 Å². The summed E-state index contributed by atoms with van der Waals surface area (Å²) in [5, 5.41) is 19.5. The Balaban J connectivity index is 0.000000447. The maximum absolute atomic E-state index is 13.4. The van der Waals surface area contributed by atoms with Gasteiger partial charge in [-0.05, 0) is 36.7 Å². The Morgan fingerprint density at radius 3 is 2.07 bits per heavy atom. The van der Waals surface area contributed by atoms with Crippen molar-refractivity contribution in [3.63, 3.8) is 0 Å². The Bertz CT molecular complexity index is 882. The number of carbonyl (C=O) groups is 2. The molecular formula is C20H26N2O5S2. The number of aliphatic carboxylic acids is 2. The van der Waals surface area contributed by atoms with Crippen LogP contribution in [0.15, 0.2) is 73.5 Å². The molecule has 9 heteroatoms. The maximum Gasteiger partial charge on any atom is 0.328 e. The number of hydrogen-bond acceptors (Lipinski definition) is 6. The molecule has 1 unspecified atom stereocenters. The van der Waals surface area contributed by atoms with Crippen molar-refractivity contribution in [2.75, 3.05) is 26.2 Å². The number of nitrogens with zero attached hydrogens (tertiary/aromatic N) is 2. The number of rotatable bonds is 9. The normalized spacial score (nSPS) is 12.8. The molecule has 158 valence electrons. The molecule has 2 aromatic rings. The summed E-state index contributed by atoms with van der Waals surface area (Å²) in [6, 6.07) is 11.5. The van der Waals surface area contributed by atoms with Crippen molar-refractivity contribution in [2.45, 2.75) is 23.6 Å². The summed E-state index contributed by atoms with van der Waals surface area (Å²) in [5.41, 5.74) is 0. The predicted octanol–water partition coefficient (Wildman–Crippen LogP) is 3.69. The average Bonchev–Trinajstić information content (AvgIpc) is 3.26. The summed E-state index contributed by atoms with van der Waals surface area (Å²) < 4.78 is 18.0. The maximum atomic E-state index is 13.4. The minimum absolute atomic E-state index is 0.558. The van der Waals surface area contributed by atoms with Crippen LogP contribution in [0.5, 0.6) is 0 Å². The van der Waals surface area contributed by atoms with Crippen LogP contribution >= 0.6 is 11.3 Å². The summed E-state index contributed by atoms with van der Waals surface area (Å²) in [6.07, 6.45) is 1.12. The van der Waals surface area contributed by atoms with E-state index in [2.05, 4.69) is 23.1 Å². The molecule has 0 saturated carbocycles. The summed E-state index contributed by atoms with van der Waals surface area (Å²) in [5.74, 6) is -2.51. The lowest BCUT2D eigenvalue weighted by Gasteiger charge is -2.17. The molecule has 0 bridgehead atoms. The van der Waals surface area contributed by atoms with Gasteiger partial charge in [-0.1, -0.05) is 32.0 Å². The highest BCUT2D eigenvalue weighted by Gasteiger charge is 2.15. The second-order valence-electron chi connectivity index (χ2n) is 5.69. The SMILES string of the molecule is CCN(CC)CCN=S(=O)(c1ccccc1)c1ccsc1.O=C(O)/C=C/C(=O)O. The molecular weight excluding hydrogens is 412 g/mol. The molecule has 1 aromatic heterocycles. The second-order valence-corrected chi connectivity index (χ2v) is 8.72. The van der Waals surface area contributed by atoms with E-state index in [-0.39, 0.29) is 0 Å². The molecule has 0 aliphatic heterocycles. The van der Waals surface area contributed by atoms with Crippen LogP contribution in [-0.4, -0.2) is 57.4 Å². The van der Waals surface area contributed by atoms with Crippen molar-refractivity contribution in [3.05, 3.63) is 59.3 Å². The van der Waals surface area contributed by atoms with E-state index >= 15 is 0 Å². The van der Waals surface area contributed by atoms with Crippen LogP contribution in [0.2, 0.25) is 0 Å². The van der Waals surface area contributed by atoms with Crippen LogP contribution in [0.4, 0.5) is 0 Å². The van der Waals surface area contributed by atoms with E-state index in [9.17, 15) is 13.8 Å². The summed E-state index contributed by atoms with van der Waals surface area (Å²) in [6.45, 7) is 7.70. The van der Waals surface area contributed by atoms with Gasteiger partial charge in [0.25, 0.3) is 0 Å². The molecule has 0 aliphatic carbocycles. The highest BCUT2D eigenvalue weighted by atomic mass is 32.2. The monoisotopic (exact) mass is 438 g/mol. The van der Waals surface area contributed by atoms with E-state index in [0.29, 0.717) is 18.7 Å². The molecule has 0 fully saturated rings. The van der Waals surface area contributed by atoms with Crippen molar-refractivity contribution in [1.29, 1.82) is 0 Å². The second kappa shape index (κ2) is 12.9. The molecule has 2 N–H and O–H groups in total. The zero-order chi connectivity index (χ0) is 21.7. The van der Waals surface area contributed by atoms with Gasteiger partial charge in [-0.3, -0.25) is 0 Å². The van der Waals surface area contributed by atoms with Crippen molar-refractivity contribution < 1.29 is 24.0 Å². The molecule has 29 heavy (non-hydrogen) atoms. The van der Waals surface area contributed by atoms with E-state index in [4.69, 9.17) is 10.2 Å². The third-order valence-electron chi connectivity index (χ3n) is 3.83. The molecule has 0 radical (unpaired) electrons. The number of carboxylic acids is 2. The van der Waals surface area contributed by atoms with Gasteiger partial charge in [0.15, 0.2) is 0 Å². The van der Waals surface area contributed by atoms with Gasteiger partial charge in [-0.25, -0.2) is 18.2 Å². The van der Waals surface area contributed by atoms with Crippen LogP contribution < -0.4 is 0 Å². The lowest BCUT2D eigenvalue weighted by Crippen LogP contribution is -2.26. The number of carboxylic acid groups (broad SMARTS) is 2. The Hall–Kier alpha value is -2.49. The number of benzene rings is 1. The largest absolute Gasteiger partial charge is 0.478 e. The lowest BCUT2D eigenvalue weighted by molar-refractivity contribution is -0.134. The Morgan fingerprint density at radius 1 is 1.03 bits per heavy atom.